The van der Waals surface area contributed by atoms with Crippen molar-refractivity contribution in [3.05, 3.63) is 88.0 Å². The molecule has 1 aromatic heterocycles. The Kier molecular flexibility index (Phi) is 5.72. The monoisotopic (exact) mass is 440 g/mol. The molecule has 0 radical (unpaired) electrons. The van der Waals surface area contributed by atoms with Gasteiger partial charge in [0.2, 0.25) is 0 Å². The highest BCUT2D eigenvalue weighted by Crippen LogP contribution is 2.26. The first kappa shape index (κ1) is 19.7. The molecule has 0 saturated carbocycles. The lowest BCUT2D eigenvalue weighted by Crippen LogP contribution is -2.19. The van der Waals surface area contributed by atoms with E-state index in [0.717, 1.165) is 27.7 Å². The second-order valence-electron chi connectivity index (χ2n) is 6.63. The van der Waals surface area contributed by atoms with Crippen LogP contribution in [0.5, 0.6) is 0 Å². The van der Waals surface area contributed by atoms with Gasteiger partial charge in [0.25, 0.3) is 0 Å². The maximum Gasteiger partial charge on any atom is 0.176 e. The SMILES string of the molecule is Cc1cc(NC(=S)Nc2cccc3ccccc23)nn1Cc1c(Cl)cccc1Cl. The third-order valence-corrected chi connectivity index (χ3v) is 5.54. The molecule has 0 fully saturated rings. The first-order valence-corrected chi connectivity index (χ1v) is 10.2. The summed E-state index contributed by atoms with van der Waals surface area (Å²) in [7, 11) is 0. The Morgan fingerprint density at radius 3 is 2.45 bits per heavy atom. The zero-order valence-corrected chi connectivity index (χ0v) is 17.9. The Morgan fingerprint density at radius 2 is 1.66 bits per heavy atom. The molecule has 1 heterocycles. The summed E-state index contributed by atoms with van der Waals surface area (Å²) in [6.45, 7) is 2.46. The number of aryl methyl sites for hydroxylation is 1. The standard InChI is InChI=1S/C22H18Cl2N4S/c1-14-12-21(27-28(14)13-17-18(23)9-5-10-19(17)24)26-22(29)25-20-11-4-7-15-6-2-3-8-16(15)20/h2-12H,13H2,1H3,(H2,25,26,27,29). The summed E-state index contributed by atoms with van der Waals surface area (Å²) in [6.07, 6.45) is 0. The van der Waals surface area contributed by atoms with Crippen molar-refractivity contribution in [2.24, 2.45) is 0 Å². The summed E-state index contributed by atoms with van der Waals surface area (Å²) in [6, 6.07) is 21.6. The molecule has 0 spiro atoms. The Bertz CT molecular complexity index is 1180. The number of fused-ring (bicyclic) bond motifs is 1. The quantitative estimate of drug-likeness (QED) is 0.355. The molecule has 0 atom stereocenters. The number of anilines is 2. The molecule has 0 saturated heterocycles. The lowest BCUT2D eigenvalue weighted by atomic mass is 10.1. The van der Waals surface area contributed by atoms with Gasteiger partial charge in [0.05, 0.1) is 6.54 Å². The fourth-order valence-corrected chi connectivity index (χ4v) is 3.90. The van der Waals surface area contributed by atoms with E-state index < -0.39 is 0 Å². The molecule has 3 aromatic carbocycles. The fraction of sp³-hybridized carbons (Fsp3) is 0.0909. The minimum atomic E-state index is 0.474. The minimum absolute atomic E-state index is 0.474. The number of thiocarbonyl (C=S) groups is 1. The van der Waals surface area contributed by atoms with E-state index in [1.165, 1.54) is 0 Å². The molecule has 4 rings (SSSR count). The lowest BCUT2D eigenvalue weighted by molar-refractivity contribution is 0.668. The van der Waals surface area contributed by atoms with Gasteiger partial charge in [-0.3, -0.25) is 4.68 Å². The number of nitrogens with one attached hydrogen (secondary N) is 2. The van der Waals surface area contributed by atoms with Gasteiger partial charge < -0.3 is 10.6 Å². The van der Waals surface area contributed by atoms with Crippen molar-refractivity contribution in [2.75, 3.05) is 10.6 Å². The van der Waals surface area contributed by atoms with Gasteiger partial charge >= 0.3 is 0 Å². The minimum Gasteiger partial charge on any atom is -0.332 e. The molecule has 2 N–H and O–H groups in total. The predicted molar refractivity (Wildman–Crippen MR) is 126 cm³/mol. The maximum atomic E-state index is 6.29. The summed E-state index contributed by atoms with van der Waals surface area (Å²) in [4.78, 5) is 0. The van der Waals surface area contributed by atoms with E-state index in [2.05, 4.69) is 33.9 Å². The van der Waals surface area contributed by atoms with Gasteiger partial charge in [-0.05, 0) is 42.7 Å². The van der Waals surface area contributed by atoms with Crippen molar-refractivity contribution < 1.29 is 0 Å². The van der Waals surface area contributed by atoms with E-state index in [1.54, 1.807) is 0 Å². The van der Waals surface area contributed by atoms with Crippen LogP contribution in [-0.4, -0.2) is 14.9 Å². The van der Waals surface area contributed by atoms with Crippen LogP contribution < -0.4 is 10.6 Å². The molecule has 146 valence electrons. The van der Waals surface area contributed by atoms with E-state index in [9.17, 15) is 0 Å². The molecule has 29 heavy (non-hydrogen) atoms. The predicted octanol–water partition coefficient (Wildman–Crippen LogP) is 6.51. The van der Waals surface area contributed by atoms with Gasteiger partial charge in [0, 0.05) is 38.4 Å². The molecule has 0 unspecified atom stereocenters. The third kappa shape index (κ3) is 4.37. The Hall–Kier alpha value is -2.60. The van der Waals surface area contributed by atoms with Crippen molar-refractivity contribution in [1.82, 2.24) is 9.78 Å². The molecule has 0 aliphatic heterocycles. The second-order valence-corrected chi connectivity index (χ2v) is 7.86. The zero-order chi connectivity index (χ0) is 20.4. The van der Waals surface area contributed by atoms with Crippen molar-refractivity contribution in [1.29, 1.82) is 0 Å². The summed E-state index contributed by atoms with van der Waals surface area (Å²) in [5, 5.41) is 15.0. The Labute approximate surface area is 184 Å². The van der Waals surface area contributed by atoms with Crippen LogP contribution in [-0.2, 0) is 6.54 Å². The number of rotatable bonds is 4. The van der Waals surface area contributed by atoms with E-state index >= 15 is 0 Å². The third-order valence-electron chi connectivity index (χ3n) is 4.63. The molecule has 0 aliphatic rings. The second kappa shape index (κ2) is 8.41. The van der Waals surface area contributed by atoms with E-state index in [1.807, 2.05) is 60.1 Å². The van der Waals surface area contributed by atoms with Crippen LogP contribution in [0.15, 0.2) is 66.7 Å². The van der Waals surface area contributed by atoms with Gasteiger partial charge in [0.15, 0.2) is 10.9 Å². The summed E-state index contributed by atoms with van der Waals surface area (Å²) in [5.74, 6) is 0.656. The van der Waals surface area contributed by atoms with Crippen LogP contribution in [0.4, 0.5) is 11.5 Å². The van der Waals surface area contributed by atoms with Crippen LogP contribution in [0, 0.1) is 6.92 Å². The molecule has 0 bridgehead atoms. The Balaban J connectivity index is 1.50. The highest BCUT2D eigenvalue weighted by molar-refractivity contribution is 7.80. The largest absolute Gasteiger partial charge is 0.332 e. The molecular weight excluding hydrogens is 423 g/mol. The molecule has 7 heteroatoms. The van der Waals surface area contributed by atoms with Gasteiger partial charge in [-0.25, -0.2) is 0 Å². The van der Waals surface area contributed by atoms with Crippen LogP contribution in [0.1, 0.15) is 11.3 Å². The summed E-state index contributed by atoms with van der Waals surface area (Å²) >= 11 is 18.1. The topological polar surface area (TPSA) is 41.9 Å². The molecule has 4 aromatic rings. The number of hydrogen-bond acceptors (Lipinski definition) is 2. The summed E-state index contributed by atoms with van der Waals surface area (Å²) < 4.78 is 1.84. The van der Waals surface area contributed by atoms with Crippen LogP contribution >= 0.6 is 35.4 Å². The normalized spacial score (nSPS) is 10.9. The number of aromatic nitrogens is 2. The molecule has 0 amide bonds. The van der Waals surface area contributed by atoms with Crippen LogP contribution in [0.2, 0.25) is 10.0 Å². The number of hydrogen-bond donors (Lipinski definition) is 2. The van der Waals surface area contributed by atoms with Crippen molar-refractivity contribution in [3.8, 4) is 0 Å². The summed E-state index contributed by atoms with van der Waals surface area (Å²) in [5.41, 5.74) is 2.75. The van der Waals surface area contributed by atoms with Crippen molar-refractivity contribution in [2.45, 2.75) is 13.5 Å². The first-order valence-electron chi connectivity index (χ1n) is 9.04. The average Bonchev–Trinajstić information content (AvgIpc) is 3.04. The number of halogens is 2. The van der Waals surface area contributed by atoms with Gasteiger partial charge in [-0.1, -0.05) is 65.7 Å². The first-order chi connectivity index (χ1) is 14.0. The van der Waals surface area contributed by atoms with Crippen molar-refractivity contribution in [3.63, 3.8) is 0 Å². The fourth-order valence-electron chi connectivity index (χ4n) is 3.17. The lowest BCUT2D eigenvalue weighted by Gasteiger charge is -2.11. The van der Waals surface area contributed by atoms with E-state index in [-0.39, 0.29) is 0 Å². The van der Waals surface area contributed by atoms with Gasteiger partial charge in [0.1, 0.15) is 0 Å². The zero-order valence-electron chi connectivity index (χ0n) is 15.6. The molecule has 4 nitrogen and oxygen atoms in total. The highest BCUT2D eigenvalue weighted by atomic mass is 35.5. The van der Waals surface area contributed by atoms with Crippen LogP contribution in [0.25, 0.3) is 10.8 Å². The highest BCUT2D eigenvalue weighted by Gasteiger charge is 2.11. The Morgan fingerprint density at radius 1 is 0.966 bits per heavy atom. The van der Waals surface area contributed by atoms with E-state index in [0.29, 0.717) is 27.5 Å². The average molecular weight is 441 g/mol. The number of benzene rings is 3. The number of nitrogens with zero attached hydrogens (tertiary/aromatic N) is 2. The van der Waals surface area contributed by atoms with Gasteiger partial charge in [-0.2, -0.15) is 5.10 Å². The maximum absolute atomic E-state index is 6.29. The van der Waals surface area contributed by atoms with E-state index in [4.69, 9.17) is 35.4 Å². The smallest absolute Gasteiger partial charge is 0.176 e. The van der Waals surface area contributed by atoms with Crippen LogP contribution in [0.3, 0.4) is 0 Å². The van der Waals surface area contributed by atoms with Gasteiger partial charge in [-0.15, -0.1) is 0 Å². The van der Waals surface area contributed by atoms with Crippen molar-refractivity contribution >= 4 is 62.8 Å². The molecular formula is C22H18Cl2N4S. The molecule has 0 aliphatic carbocycles.